The number of hydrogen-bond acceptors (Lipinski definition) is 5. The summed E-state index contributed by atoms with van der Waals surface area (Å²) in [4.78, 5) is 15.3. The van der Waals surface area contributed by atoms with E-state index >= 15 is 8.78 Å². The third-order valence-corrected chi connectivity index (χ3v) is 7.92. The highest BCUT2D eigenvalue weighted by Gasteiger charge is 2.45. The van der Waals surface area contributed by atoms with Crippen LogP contribution in [0.4, 0.5) is 20.2 Å². The van der Waals surface area contributed by atoms with Gasteiger partial charge in [-0.1, -0.05) is 48.6 Å². The third-order valence-electron chi connectivity index (χ3n) is 7.92. The van der Waals surface area contributed by atoms with Crippen LogP contribution in [0.15, 0.2) is 115 Å². The van der Waals surface area contributed by atoms with Gasteiger partial charge in [-0.2, -0.15) is 8.78 Å². The topological polar surface area (TPSA) is 68.6 Å². The molecule has 2 heterocycles. The molecule has 228 valence electrons. The van der Waals surface area contributed by atoms with Gasteiger partial charge in [0.05, 0.1) is 16.8 Å². The number of alkyl halides is 2. The Kier molecular flexibility index (Phi) is 7.66. The number of carbonyl (C=O) groups is 1. The van der Waals surface area contributed by atoms with E-state index in [9.17, 15) is 9.90 Å². The van der Waals surface area contributed by atoms with Crippen molar-refractivity contribution in [3.05, 3.63) is 137 Å². The van der Waals surface area contributed by atoms with Gasteiger partial charge in [-0.25, -0.2) is 0 Å². The lowest BCUT2D eigenvalue weighted by molar-refractivity contribution is -0.331. The van der Waals surface area contributed by atoms with Crippen LogP contribution in [-0.2, 0) is 10.7 Å². The zero-order valence-corrected chi connectivity index (χ0v) is 25.3. The Morgan fingerprint density at radius 1 is 0.956 bits per heavy atom. The van der Waals surface area contributed by atoms with E-state index in [4.69, 9.17) is 4.74 Å². The number of anilines is 2. The summed E-state index contributed by atoms with van der Waals surface area (Å²) in [5.74, 6) is -5.11. The number of ether oxygens (including phenoxy) is 2. The van der Waals surface area contributed by atoms with Gasteiger partial charge in [0.2, 0.25) is 0 Å². The van der Waals surface area contributed by atoms with Gasteiger partial charge < -0.3 is 29.2 Å². The SMILES string of the molecule is CN(C)c1ccc2c(c1)OC(c1ccccc1)=C/C2=C\C1=CC(=C2C=CC=CC2)[OH+]c2c1ccc(N(C)C)c2C(F)(F)C(=O)[O-]. The number of aliphatic carboxylic acids is 1. The standard InChI is InChI=1S/C37H32F2N2O4/c1-40(2)27-15-16-28-25(20-31(44-33(28)22-27)23-11-7-5-8-12-23)19-26-21-32(24-13-9-6-10-14-24)45-35-29(26)17-18-30(41(3)4)34(35)37(38,39)36(42)43/h5-13,15-22H,14H2,1-4H3,(H,42,43)/b25-19+,32-24?. The Hall–Kier alpha value is -5.37. The van der Waals surface area contributed by atoms with Gasteiger partial charge in [0.25, 0.3) is 11.5 Å². The Morgan fingerprint density at radius 3 is 2.38 bits per heavy atom. The molecule has 0 fully saturated rings. The number of allylic oxidation sites excluding steroid dienone is 10. The van der Waals surface area contributed by atoms with Crippen LogP contribution in [0.1, 0.15) is 28.7 Å². The number of carboxylic acids is 1. The molecule has 0 unspecified atom stereocenters. The predicted octanol–water partition coefficient (Wildman–Crippen LogP) is 6.59. The maximum atomic E-state index is 15.5. The van der Waals surface area contributed by atoms with E-state index in [2.05, 4.69) is 4.74 Å². The summed E-state index contributed by atoms with van der Waals surface area (Å²) in [5.41, 5.74) is 4.61. The fourth-order valence-corrected chi connectivity index (χ4v) is 5.59. The minimum absolute atomic E-state index is 0.0444. The molecule has 3 aromatic rings. The number of rotatable bonds is 6. The molecule has 1 N–H and O–H groups in total. The minimum atomic E-state index is -4.30. The fraction of sp³-hybridized carbons (Fsp3) is 0.162. The van der Waals surface area contributed by atoms with Crippen LogP contribution in [0.2, 0.25) is 0 Å². The molecule has 45 heavy (non-hydrogen) atoms. The van der Waals surface area contributed by atoms with Gasteiger partial charge in [0, 0.05) is 62.7 Å². The first-order valence-corrected chi connectivity index (χ1v) is 14.5. The Labute approximate surface area is 260 Å². The summed E-state index contributed by atoms with van der Waals surface area (Å²) in [7, 11) is 7.08. The first kappa shape index (κ1) is 29.7. The molecule has 6 nitrogen and oxygen atoms in total. The van der Waals surface area contributed by atoms with E-state index in [1.54, 1.807) is 20.2 Å². The molecule has 0 saturated carbocycles. The van der Waals surface area contributed by atoms with Crippen molar-refractivity contribution in [2.45, 2.75) is 12.3 Å². The molecule has 0 atom stereocenters. The van der Waals surface area contributed by atoms with Crippen LogP contribution in [0, 0.1) is 0 Å². The Balaban J connectivity index is 1.62. The number of fused-ring (bicyclic) bond motifs is 2. The Morgan fingerprint density at radius 2 is 1.71 bits per heavy atom. The van der Waals surface area contributed by atoms with E-state index in [-0.39, 0.29) is 11.4 Å². The molecule has 0 bridgehead atoms. The summed E-state index contributed by atoms with van der Waals surface area (Å²) < 4.78 is 42.1. The maximum absolute atomic E-state index is 15.5. The lowest BCUT2D eigenvalue weighted by Gasteiger charge is -2.28. The highest BCUT2D eigenvalue weighted by molar-refractivity contribution is 5.97. The fourth-order valence-electron chi connectivity index (χ4n) is 5.59. The smallest absolute Gasteiger partial charge is 0.323 e. The monoisotopic (exact) mass is 606 g/mol. The van der Waals surface area contributed by atoms with Crippen molar-refractivity contribution in [2.75, 3.05) is 38.0 Å². The van der Waals surface area contributed by atoms with Crippen molar-refractivity contribution in [1.29, 1.82) is 0 Å². The van der Waals surface area contributed by atoms with Crippen molar-refractivity contribution in [2.24, 2.45) is 0 Å². The van der Waals surface area contributed by atoms with Crippen molar-refractivity contribution in [3.63, 3.8) is 0 Å². The highest BCUT2D eigenvalue weighted by atomic mass is 19.3. The highest BCUT2D eigenvalue weighted by Crippen LogP contribution is 2.50. The summed E-state index contributed by atoms with van der Waals surface area (Å²) in [6.07, 6.45) is 13.9. The first-order chi connectivity index (χ1) is 21.5. The van der Waals surface area contributed by atoms with Gasteiger partial charge >= 0.3 is 5.92 Å². The third kappa shape index (κ3) is 5.55. The molecule has 3 aliphatic rings. The average Bonchev–Trinajstić information content (AvgIpc) is 3.04. The number of benzene rings is 3. The summed E-state index contributed by atoms with van der Waals surface area (Å²) in [6, 6.07) is 18.9. The quantitative estimate of drug-likeness (QED) is 0.297. The number of nitrogens with zero attached hydrogens (tertiary/aromatic N) is 2. The molecule has 0 amide bonds. The molecule has 3 aromatic carbocycles. The zero-order valence-electron chi connectivity index (χ0n) is 25.3. The van der Waals surface area contributed by atoms with Gasteiger partial charge in [-0.15, -0.1) is 0 Å². The number of aromatic hydroxyl groups is 1. The van der Waals surface area contributed by atoms with Gasteiger partial charge in [-0.05, 0) is 54.5 Å². The van der Waals surface area contributed by atoms with E-state index in [0.29, 0.717) is 34.8 Å². The minimum Gasteiger partial charge on any atom is -0.545 e. The molecule has 0 radical (unpaired) electrons. The van der Waals surface area contributed by atoms with Crippen molar-refractivity contribution >= 4 is 34.2 Å². The van der Waals surface area contributed by atoms with E-state index in [1.165, 1.54) is 11.0 Å². The lowest BCUT2D eigenvalue weighted by atomic mass is 9.90. The van der Waals surface area contributed by atoms with Crippen LogP contribution in [-0.4, -0.2) is 38.9 Å². The van der Waals surface area contributed by atoms with E-state index in [0.717, 1.165) is 28.0 Å². The van der Waals surface area contributed by atoms with Crippen LogP contribution in [0.25, 0.3) is 16.9 Å². The Bertz CT molecular complexity index is 1880. The van der Waals surface area contributed by atoms with E-state index in [1.807, 2.05) is 110 Å². The predicted molar refractivity (Wildman–Crippen MR) is 173 cm³/mol. The molecular formula is C37H32F2N2O4. The molecule has 0 aromatic heterocycles. The number of hydrogen-bond donors (Lipinski definition) is 0. The molecule has 0 spiro atoms. The molecule has 8 heteroatoms. The molecule has 1 aliphatic carbocycles. The number of carboxylic acid groups (broad SMARTS) is 1. The van der Waals surface area contributed by atoms with Crippen molar-refractivity contribution in [1.82, 2.24) is 0 Å². The van der Waals surface area contributed by atoms with Crippen LogP contribution < -0.4 is 19.6 Å². The molecule has 6 rings (SSSR count). The van der Waals surface area contributed by atoms with Gasteiger partial charge in [0.1, 0.15) is 23.0 Å². The van der Waals surface area contributed by atoms with Crippen molar-refractivity contribution < 1.29 is 28.2 Å². The van der Waals surface area contributed by atoms with Crippen LogP contribution in [0.5, 0.6) is 11.5 Å². The van der Waals surface area contributed by atoms with Crippen LogP contribution >= 0.6 is 0 Å². The number of halogens is 2. The first-order valence-electron chi connectivity index (χ1n) is 14.5. The molecule has 0 saturated heterocycles. The van der Waals surface area contributed by atoms with Crippen molar-refractivity contribution in [3.8, 4) is 11.5 Å². The van der Waals surface area contributed by atoms with Gasteiger partial charge in [0.15, 0.2) is 0 Å². The number of aliphatic hydroxyl groups is 1. The zero-order chi connectivity index (χ0) is 31.9. The second-order valence-corrected chi connectivity index (χ2v) is 11.4. The second-order valence-electron chi connectivity index (χ2n) is 11.4. The lowest BCUT2D eigenvalue weighted by Crippen LogP contribution is -2.40. The van der Waals surface area contributed by atoms with Gasteiger partial charge in [-0.3, -0.25) is 0 Å². The molecule has 2 aliphatic heterocycles. The number of carbonyl (C=O) groups excluding carboxylic acids is 1. The van der Waals surface area contributed by atoms with Crippen LogP contribution in [0.3, 0.4) is 0 Å². The average molecular weight is 607 g/mol. The van der Waals surface area contributed by atoms with E-state index < -0.39 is 17.5 Å². The summed E-state index contributed by atoms with van der Waals surface area (Å²) in [6.45, 7) is 0. The second kappa shape index (κ2) is 11.6. The largest absolute Gasteiger partial charge is 0.545 e. The molecular weight excluding hydrogens is 574 g/mol. The normalized spacial score (nSPS) is 17.9. The summed E-state index contributed by atoms with van der Waals surface area (Å²) >= 11 is 0. The maximum Gasteiger partial charge on any atom is 0.323 e. The summed E-state index contributed by atoms with van der Waals surface area (Å²) in [5, 5.41) is 11.8.